The second-order valence-corrected chi connectivity index (χ2v) is 6.90. The molecule has 0 saturated heterocycles. The number of nitrogens with two attached hydrogens (primary N) is 1. The van der Waals surface area contributed by atoms with Gasteiger partial charge in [-0.3, -0.25) is 4.21 Å². The topological polar surface area (TPSA) is 55.1 Å². The van der Waals surface area contributed by atoms with Crippen LogP contribution in [0.15, 0.2) is 22.7 Å². The highest BCUT2D eigenvalue weighted by molar-refractivity contribution is 9.10. The maximum absolute atomic E-state index is 11.3. The van der Waals surface area contributed by atoms with Gasteiger partial charge in [0.1, 0.15) is 4.99 Å². The van der Waals surface area contributed by atoms with E-state index >= 15 is 0 Å². The van der Waals surface area contributed by atoms with Crippen molar-refractivity contribution >= 4 is 49.6 Å². The van der Waals surface area contributed by atoms with Crippen LogP contribution in [0.3, 0.4) is 0 Å². The Balaban J connectivity index is 2.85. The van der Waals surface area contributed by atoms with Crippen molar-refractivity contribution in [1.29, 1.82) is 0 Å². The minimum atomic E-state index is -0.845. The lowest BCUT2D eigenvalue weighted by atomic mass is 10.2. The average Bonchev–Trinajstić information content (AvgIpc) is 2.25. The van der Waals surface area contributed by atoms with Crippen molar-refractivity contribution in [2.75, 3.05) is 18.1 Å². The molecule has 0 aromatic heterocycles. The average molecular weight is 335 g/mol. The Bertz CT molecular complexity index is 451. The van der Waals surface area contributed by atoms with E-state index in [1.165, 1.54) is 0 Å². The molecule has 0 saturated carbocycles. The highest BCUT2D eigenvalue weighted by Gasteiger charge is 2.09. The molecule has 0 radical (unpaired) electrons. The van der Waals surface area contributed by atoms with Gasteiger partial charge in [0, 0.05) is 44.6 Å². The first-order valence-corrected chi connectivity index (χ1v) is 7.89. The molecule has 94 valence electrons. The van der Waals surface area contributed by atoms with Gasteiger partial charge in [-0.1, -0.05) is 28.1 Å². The van der Waals surface area contributed by atoms with Crippen LogP contribution < -0.4 is 11.1 Å². The zero-order valence-corrected chi connectivity index (χ0v) is 12.9. The SMILES string of the molecule is CC(CNc1cc(Br)ccc1C(N)=S)S(C)=O. The van der Waals surface area contributed by atoms with Gasteiger partial charge in [0.2, 0.25) is 0 Å². The van der Waals surface area contributed by atoms with Crippen molar-refractivity contribution in [3.05, 3.63) is 28.2 Å². The summed E-state index contributed by atoms with van der Waals surface area (Å²) in [4.78, 5) is 0.352. The molecular weight excluding hydrogens is 320 g/mol. The maximum Gasteiger partial charge on any atom is 0.106 e. The minimum Gasteiger partial charge on any atom is -0.389 e. The van der Waals surface area contributed by atoms with Crippen LogP contribution in [0.4, 0.5) is 5.69 Å². The Kier molecular flexibility index (Phi) is 5.55. The molecular formula is C11H15BrN2OS2. The van der Waals surface area contributed by atoms with Crippen molar-refractivity contribution < 1.29 is 4.21 Å². The zero-order valence-electron chi connectivity index (χ0n) is 9.70. The number of thiocarbonyl (C=S) groups is 1. The van der Waals surface area contributed by atoms with Crippen LogP contribution in [0.2, 0.25) is 0 Å². The Morgan fingerprint density at radius 1 is 1.65 bits per heavy atom. The molecule has 0 aliphatic carbocycles. The molecule has 3 N–H and O–H groups in total. The number of rotatable bonds is 5. The molecule has 2 atom stereocenters. The molecule has 0 amide bonds. The summed E-state index contributed by atoms with van der Waals surface area (Å²) in [6, 6.07) is 5.67. The van der Waals surface area contributed by atoms with E-state index in [0.29, 0.717) is 11.5 Å². The number of hydrogen-bond acceptors (Lipinski definition) is 3. The largest absolute Gasteiger partial charge is 0.389 e. The van der Waals surface area contributed by atoms with E-state index in [0.717, 1.165) is 15.7 Å². The second kappa shape index (κ2) is 6.47. The summed E-state index contributed by atoms with van der Waals surface area (Å²) in [5.41, 5.74) is 7.31. The molecule has 6 heteroatoms. The van der Waals surface area contributed by atoms with Crippen LogP contribution in [0, 0.1) is 0 Å². The van der Waals surface area contributed by atoms with Crippen LogP contribution in [-0.4, -0.2) is 27.2 Å². The Labute approximate surface area is 118 Å². The van der Waals surface area contributed by atoms with Gasteiger partial charge in [-0.25, -0.2) is 0 Å². The van der Waals surface area contributed by atoms with E-state index in [2.05, 4.69) is 21.2 Å². The third-order valence-corrected chi connectivity index (χ3v) is 4.41. The summed E-state index contributed by atoms with van der Waals surface area (Å²) in [6.07, 6.45) is 1.70. The minimum absolute atomic E-state index is 0.0770. The van der Waals surface area contributed by atoms with Crippen LogP contribution >= 0.6 is 28.1 Å². The van der Waals surface area contributed by atoms with Gasteiger partial charge in [0.05, 0.1) is 0 Å². The van der Waals surface area contributed by atoms with Crippen LogP contribution in [0.25, 0.3) is 0 Å². The number of hydrogen-bond donors (Lipinski definition) is 2. The first-order chi connectivity index (χ1) is 7.91. The number of nitrogens with one attached hydrogen (secondary N) is 1. The van der Waals surface area contributed by atoms with E-state index in [4.69, 9.17) is 18.0 Å². The highest BCUT2D eigenvalue weighted by atomic mass is 79.9. The lowest BCUT2D eigenvalue weighted by Crippen LogP contribution is -2.22. The molecule has 17 heavy (non-hydrogen) atoms. The second-order valence-electron chi connectivity index (χ2n) is 3.74. The standard InChI is InChI=1S/C11H15BrN2OS2/c1-7(17(2)15)6-14-10-5-8(12)3-4-9(10)11(13)16/h3-5,7,14H,6H2,1-2H3,(H2,13,16). The lowest BCUT2D eigenvalue weighted by molar-refractivity contribution is 0.679. The van der Waals surface area contributed by atoms with Crippen LogP contribution in [0.5, 0.6) is 0 Å². The summed E-state index contributed by atoms with van der Waals surface area (Å²) in [7, 11) is -0.845. The summed E-state index contributed by atoms with van der Waals surface area (Å²) >= 11 is 8.38. The van der Waals surface area contributed by atoms with Gasteiger partial charge < -0.3 is 11.1 Å². The molecule has 1 rings (SSSR count). The van der Waals surface area contributed by atoms with E-state index in [1.54, 1.807) is 6.26 Å². The zero-order chi connectivity index (χ0) is 13.0. The molecule has 0 aliphatic rings. The van der Waals surface area contributed by atoms with Crippen LogP contribution in [0.1, 0.15) is 12.5 Å². The van der Waals surface area contributed by atoms with E-state index in [9.17, 15) is 4.21 Å². The first kappa shape index (κ1) is 14.6. The molecule has 0 fully saturated rings. The lowest BCUT2D eigenvalue weighted by Gasteiger charge is -2.14. The Hall–Kier alpha value is -0.460. The molecule has 0 spiro atoms. The van der Waals surface area contributed by atoms with E-state index in [1.807, 2.05) is 25.1 Å². The predicted octanol–water partition coefficient (Wildman–Crippen LogP) is 2.26. The molecule has 2 unspecified atom stereocenters. The van der Waals surface area contributed by atoms with Gasteiger partial charge in [-0.05, 0) is 25.1 Å². The van der Waals surface area contributed by atoms with E-state index < -0.39 is 10.8 Å². The molecule has 1 aromatic carbocycles. The normalized spacial score (nSPS) is 14.1. The predicted molar refractivity (Wildman–Crippen MR) is 82.0 cm³/mol. The summed E-state index contributed by atoms with van der Waals surface area (Å²) in [5.74, 6) is 0. The number of halogens is 1. The van der Waals surface area contributed by atoms with Crippen molar-refractivity contribution in [1.82, 2.24) is 0 Å². The number of benzene rings is 1. The first-order valence-electron chi connectivity index (χ1n) is 5.07. The molecule has 3 nitrogen and oxygen atoms in total. The van der Waals surface area contributed by atoms with Gasteiger partial charge in [-0.15, -0.1) is 0 Å². The molecule has 0 aliphatic heterocycles. The smallest absolute Gasteiger partial charge is 0.106 e. The van der Waals surface area contributed by atoms with Gasteiger partial charge in [0.15, 0.2) is 0 Å². The van der Waals surface area contributed by atoms with Gasteiger partial charge in [0.25, 0.3) is 0 Å². The Morgan fingerprint density at radius 3 is 2.82 bits per heavy atom. The Morgan fingerprint density at radius 2 is 2.29 bits per heavy atom. The van der Waals surface area contributed by atoms with Crippen molar-refractivity contribution in [2.45, 2.75) is 12.2 Å². The molecule has 1 aromatic rings. The fraction of sp³-hybridized carbons (Fsp3) is 0.364. The van der Waals surface area contributed by atoms with Gasteiger partial charge in [-0.2, -0.15) is 0 Å². The van der Waals surface area contributed by atoms with Crippen LogP contribution in [-0.2, 0) is 10.8 Å². The summed E-state index contributed by atoms with van der Waals surface area (Å²) < 4.78 is 12.2. The monoisotopic (exact) mass is 334 g/mol. The third kappa shape index (κ3) is 4.37. The quantitative estimate of drug-likeness (QED) is 0.811. The summed E-state index contributed by atoms with van der Waals surface area (Å²) in [5, 5.41) is 3.30. The fourth-order valence-corrected chi connectivity index (χ4v) is 2.11. The molecule has 0 bridgehead atoms. The highest BCUT2D eigenvalue weighted by Crippen LogP contribution is 2.21. The third-order valence-electron chi connectivity index (χ3n) is 2.39. The maximum atomic E-state index is 11.3. The van der Waals surface area contributed by atoms with Crippen molar-refractivity contribution in [2.24, 2.45) is 5.73 Å². The molecule has 0 heterocycles. The summed E-state index contributed by atoms with van der Waals surface area (Å²) in [6.45, 7) is 2.55. The van der Waals surface area contributed by atoms with Crippen molar-refractivity contribution in [3.63, 3.8) is 0 Å². The van der Waals surface area contributed by atoms with E-state index in [-0.39, 0.29) is 5.25 Å². The number of anilines is 1. The fourth-order valence-electron chi connectivity index (χ4n) is 1.25. The van der Waals surface area contributed by atoms with Gasteiger partial charge >= 0.3 is 0 Å². The van der Waals surface area contributed by atoms with Crippen molar-refractivity contribution in [3.8, 4) is 0 Å².